The van der Waals surface area contributed by atoms with Gasteiger partial charge in [0, 0.05) is 36.5 Å². The predicted octanol–water partition coefficient (Wildman–Crippen LogP) is 3.88. The summed E-state index contributed by atoms with van der Waals surface area (Å²) in [6.07, 6.45) is 6.81. The second kappa shape index (κ2) is 9.36. The van der Waals surface area contributed by atoms with Crippen LogP contribution in [0.15, 0.2) is 48.7 Å². The number of rotatable bonds is 7. The number of likely N-dealkylation sites (tertiary alicyclic amines) is 1. The smallest absolute Gasteiger partial charge is 0.247 e. The third-order valence-electron chi connectivity index (χ3n) is 5.03. The standard InChI is InChI=1S/C22H25ClN6O2/c1-28(2)13-4-6-19(30)29-14-3-5-18(29)25-22-20-17(11-12-24-21(20)26-27-22)31-16-9-7-15(23)8-10-16/h4,6-12,18H,3,5,13-14H2,1-2H3,(H2,24,25,26,27)/b6-4+. The number of fused-ring (bicyclic) bond motifs is 1. The molecule has 4 rings (SSSR count). The lowest BCUT2D eigenvalue weighted by Gasteiger charge is -2.24. The van der Waals surface area contributed by atoms with Crippen LogP contribution in [0.25, 0.3) is 11.0 Å². The Morgan fingerprint density at radius 2 is 2.16 bits per heavy atom. The minimum Gasteiger partial charge on any atom is -0.456 e. The number of hydrogen-bond donors (Lipinski definition) is 2. The van der Waals surface area contributed by atoms with E-state index >= 15 is 0 Å². The molecule has 9 heteroatoms. The molecule has 162 valence electrons. The number of hydrogen-bond acceptors (Lipinski definition) is 6. The summed E-state index contributed by atoms with van der Waals surface area (Å²) in [6.45, 7) is 1.43. The number of likely N-dealkylation sites (N-methyl/N-ethyl adjacent to an activating group) is 1. The molecule has 1 atom stereocenters. The van der Waals surface area contributed by atoms with Crippen molar-refractivity contribution in [3.63, 3.8) is 0 Å². The molecule has 0 saturated carbocycles. The maximum absolute atomic E-state index is 12.7. The second-order valence-electron chi connectivity index (χ2n) is 7.66. The zero-order valence-corrected chi connectivity index (χ0v) is 18.3. The minimum absolute atomic E-state index is 0.00699. The highest BCUT2D eigenvalue weighted by atomic mass is 35.5. The molecular weight excluding hydrogens is 416 g/mol. The fraction of sp³-hybridized carbons (Fsp3) is 0.318. The molecule has 2 aromatic heterocycles. The van der Waals surface area contributed by atoms with E-state index in [4.69, 9.17) is 16.3 Å². The first kappa shape index (κ1) is 21.1. The number of anilines is 1. The molecule has 31 heavy (non-hydrogen) atoms. The zero-order chi connectivity index (χ0) is 21.8. The van der Waals surface area contributed by atoms with E-state index < -0.39 is 0 Å². The summed E-state index contributed by atoms with van der Waals surface area (Å²) in [5, 5.41) is 12.1. The van der Waals surface area contributed by atoms with Gasteiger partial charge in [-0.15, -0.1) is 0 Å². The Hall–Kier alpha value is -3.10. The van der Waals surface area contributed by atoms with Crippen molar-refractivity contribution in [1.82, 2.24) is 25.0 Å². The molecule has 0 aliphatic carbocycles. The van der Waals surface area contributed by atoms with Crippen molar-refractivity contribution >= 4 is 34.4 Å². The van der Waals surface area contributed by atoms with Gasteiger partial charge in [0.15, 0.2) is 11.5 Å². The Morgan fingerprint density at radius 3 is 2.94 bits per heavy atom. The fourth-order valence-electron chi connectivity index (χ4n) is 3.54. The van der Waals surface area contributed by atoms with Crippen molar-refractivity contribution in [2.75, 3.05) is 32.5 Å². The summed E-state index contributed by atoms with van der Waals surface area (Å²) in [7, 11) is 3.94. The lowest BCUT2D eigenvalue weighted by atomic mass is 10.2. The van der Waals surface area contributed by atoms with E-state index in [-0.39, 0.29) is 12.1 Å². The average molecular weight is 441 g/mol. The molecule has 1 aliphatic heterocycles. The van der Waals surface area contributed by atoms with Crippen molar-refractivity contribution in [3.8, 4) is 11.5 Å². The van der Waals surface area contributed by atoms with Crippen molar-refractivity contribution in [1.29, 1.82) is 0 Å². The van der Waals surface area contributed by atoms with Gasteiger partial charge in [-0.25, -0.2) is 4.98 Å². The molecular formula is C22H25ClN6O2. The van der Waals surface area contributed by atoms with Gasteiger partial charge in [-0.2, -0.15) is 5.10 Å². The molecule has 0 spiro atoms. The number of nitrogens with one attached hydrogen (secondary N) is 2. The Morgan fingerprint density at radius 1 is 1.35 bits per heavy atom. The molecule has 1 amide bonds. The van der Waals surface area contributed by atoms with Gasteiger partial charge in [0.2, 0.25) is 5.91 Å². The number of carbonyl (C=O) groups excluding carboxylic acids is 1. The van der Waals surface area contributed by atoms with E-state index in [1.54, 1.807) is 42.6 Å². The van der Waals surface area contributed by atoms with Crippen LogP contribution in [-0.2, 0) is 4.79 Å². The number of carbonyl (C=O) groups is 1. The van der Waals surface area contributed by atoms with E-state index in [0.717, 1.165) is 24.8 Å². The monoisotopic (exact) mass is 440 g/mol. The van der Waals surface area contributed by atoms with Gasteiger partial charge in [0.25, 0.3) is 0 Å². The number of ether oxygens (including phenoxy) is 1. The van der Waals surface area contributed by atoms with Crippen molar-refractivity contribution in [3.05, 3.63) is 53.7 Å². The quantitative estimate of drug-likeness (QED) is 0.542. The van der Waals surface area contributed by atoms with Gasteiger partial charge in [-0.05, 0) is 51.2 Å². The number of H-pyrrole nitrogens is 1. The summed E-state index contributed by atoms with van der Waals surface area (Å²) < 4.78 is 6.06. The van der Waals surface area contributed by atoms with Crippen LogP contribution in [0.3, 0.4) is 0 Å². The topological polar surface area (TPSA) is 86.4 Å². The van der Waals surface area contributed by atoms with E-state index in [1.807, 2.05) is 30.0 Å². The Kier molecular flexibility index (Phi) is 6.39. The van der Waals surface area contributed by atoms with Crippen molar-refractivity contribution in [2.45, 2.75) is 19.0 Å². The number of halogens is 1. The van der Waals surface area contributed by atoms with Crippen molar-refractivity contribution < 1.29 is 9.53 Å². The number of pyridine rings is 1. The third-order valence-corrected chi connectivity index (χ3v) is 5.29. The SMILES string of the molecule is CN(C)C/C=C/C(=O)N1CCCC1Nc1n[nH]c2nccc(Oc3ccc(Cl)cc3)c12. The molecule has 0 bridgehead atoms. The van der Waals surface area contributed by atoms with Crippen LogP contribution in [0.2, 0.25) is 5.02 Å². The largest absolute Gasteiger partial charge is 0.456 e. The molecule has 1 unspecified atom stereocenters. The van der Waals surface area contributed by atoms with E-state index in [1.165, 1.54) is 0 Å². The van der Waals surface area contributed by atoms with Crippen molar-refractivity contribution in [2.24, 2.45) is 0 Å². The summed E-state index contributed by atoms with van der Waals surface area (Å²) in [6, 6.07) is 8.95. The first-order valence-corrected chi connectivity index (χ1v) is 10.5. The van der Waals surface area contributed by atoms with Crippen LogP contribution < -0.4 is 10.1 Å². The number of benzene rings is 1. The van der Waals surface area contributed by atoms with Crippen LogP contribution in [0, 0.1) is 0 Å². The third kappa shape index (κ3) is 4.98. The highest BCUT2D eigenvalue weighted by Gasteiger charge is 2.29. The first-order chi connectivity index (χ1) is 15.0. The normalized spacial score (nSPS) is 16.5. The number of aromatic nitrogens is 3. The summed E-state index contributed by atoms with van der Waals surface area (Å²) in [5.41, 5.74) is 0.607. The maximum atomic E-state index is 12.7. The molecule has 1 aliphatic rings. The van der Waals surface area contributed by atoms with Gasteiger partial charge in [0.05, 0.1) is 0 Å². The average Bonchev–Trinajstić information content (AvgIpc) is 3.37. The minimum atomic E-state index is -0.147. The molecule has 1 fully saturated rings. The van der Waals surface area contributed by atoms with Gasteiger partial charge < -0.3 is 19.9 Å². The summed E-state index contributed by atoms with van der Waals surface area (Å²) in [5.74, 6) is 1.87. The fourth-order valence-corrected chi connectivity index (χ4v) is 3.67. The molecule has 3 aromatic rings. The van der Waals surface area contributed by atoms with E-state index in [9.17, 15) is 4.79 Å². The Bertz CT molecular complexity index is 1080. The van der Waals surface area contributed by atoms with Crippen LogP contribution in [0.4, 0.5) is 5.82 Å². The van der Waals surface area contributed by atoms with Crippen LogP contribution in [0.5, 0.6) is 11.5 Å². The lowest BCUT2D eigenvalue weighted by Crippen LogP contribution is -2.39. The second-order valence-corrected chi connectivity index (χ2v) is 8.10. The van der Waals surface area contributed by atoms with Gasteiger partial charge in [0.1, 0.15) is 23.1 Å². The predicted molar refractivity (Wildman–Crippen MR) is 121 cm³/mol. The number of aromatic amines is 1. The van der Waals surface area contributed by atoms with Gasteiger partial charge in [-0.3, -0.25) is 9.89 Å². The Labute approximate surface area is 185 Å². The first-order valence-electron chi connectivity index (χ1n) is 10.2. The van der Waals surface area contributed by atoms with Gasteiger partial charge >= 0.3 is 0 Å². The number of amides is 1. The summed E-state index contributed by atoms with van der Waals surface area (Å²) >= 11 is 5.97. The zero-order valence-electron chi connectivity index (χ0n) is 17.5. The highest BCUT2D eigenvalue weighted by molar-refractivity contribution is 6.30. The molecule has 3 heterocycles. The molecule has 1 saturated heterocycles. The molecule has 1 aromatic carbocycles. The van der Waals surface area contributed by atoms with Crippen LogP contribution >= 0.6 is 11.6 Å². The van der Waals surface area contributed by atoms with E-state index in [0.29, 0.717) is 34.5 Å². The molecule has 2 N–H and O–H groups in total. The molecule has 8 nitrogen and oxygen atoms in total. The van der Waals surface area contributed by atoms with Crippen LogP contribution in [0.1, 0.15) is 12.8 Å². The number of nitrogens with zero attached hydrogens (tertiary/aromatic N) is 4. The Balaban J connectivity index is 1.55. The summed E-state index contributed by atoms with van der Waals surface area (Å²) in [4.78, 5) is 20.9. The highest BCUT2D eigenvalue weighted by Crippen LogP contribution is 2.34. The van der Waals surface area contributed by atoms with Crippen LogP contribution in [-0.4, -0.2) is 64.2 Å². The molecule has 0 radical (unpaired) electrons. The lowest BCUT2D eigenvalue weighted by molar-refractivity contribution is -0.126. The van der Waals surface area contributed by atoms with Gasteiger partial charge in [-0.1, -0.05) is 17.7 Å². The maximum Gasteiger partial charge on any atom is 0.247 e. The van der Waals surface area contributed by atoms with E-state index in [2.05, 4.69) is 20.5 Å².